The molecule has 1 aromatic heterocycles. The van der Waals surface area contributed by atoms with Gasteiger partial charge in [0.2, 0.25) is 0 Å². The number of hydrogen-bond donors (Lipinski definition) is 0. The Bertz CT molecular complexity index is 927. The SMILES string of the molecule is Cc1cc2oc(=O)cc(CSc3ccc(Cl)cc3)c2cc1C(C)C. The first kappa shape index (κ1) is 17.1. The Hall–Kier alpha value is -1.71. The highest BCUT2D eigenvalue weighted by molar-refractivity contribution is 7.98. The highest BCUT2D eigenvalue weighted by Crippen LogP contribution is 2.30. The van der Waals surface area contributed by atoms with Crippen molar-refractivity contribution < 1.29 is 4.42 Å². The second-order valence-corrected chi connectivity index (χ2v) is 7.68. The molecule has 0 spiro atoms. The van der Waals surface area contributed by atoms with Gasteiger partial charge in [-0.2, -0.15) is 0 Å². The summed E-state index contributed by atoms with van der Waals surface area (Å²) < 4.78 is 5.40. The molecule has 0 radical (unpaired) electrons. The molecule has 0 N–H and O–H groups in total. The first-order chi connectivity index (χ1) is 11.4. The highest BCUT2D eigenvalue weighted by atomic mass is 35.5. The minimum atomic E-state index is -0.300. The van der Waals surface area contributed by atoms with Crippen LogP contribution in [0, 0.1) is 6.92 Å². The molecule has 0 bridgehead atoms. The van der Waals surface area contributed by atoms with Gasteiger partial charge in [0.1, 0.15) is 5.58 Å². The van der Waals surface area contributed by atoms with Crippen LogP contribution in [0.4, 0.5) is 0 Å². The average molecular weight is 359 g/mol. The molecule has 1 heterocycles. The van der Waals surface area contributed by atoms with Gasteiger partial charge in [-0.1, -0.05) is 25.4 Å². The maximum absolute atomic E-state index is 11.9. The first-order valence-electron chi connectivity index (χ1n) is 7.89. The molecule has 0 saturated carbocycles. The summed E-state index contributed by atoms with van der Waals surface area (Å²) >= 11 is 7.61. The van der Waals surface area contributed by atoms with E-state index in [4.69, 9.17) is 16.0 Å². The van der Waals surface area contributed by atoms with E-state index < -0.39 is 0 Å². The van der Waals surface area contributed by atoms with Gasteiger partial charge >= 0.3 is 5.63 Å². The maximum Gasteiger partial charge on any atom is 0.336 e. The van der Waals surface area contributed by atoms with Crippen LogP contribution in [0.15, 0.2) is 56.6 Å². The minimum absolute atomic E-state index is 0.300. The van der Waals surface area contributed by atoms with Crippen LogP contribution >= 0.6 is 23.4 Å². The lowest BCUT2D eigenvalue weighted by molar-refractivity contribution is 0.559. The largest absolute Gasteiger partial charge is 0.423 e. The third-order valence-electron chi connectivity index (χ3n) is 4.05. The fourth-order valence-electron chi connectivity index (χ4n) is 2.82. The van der Waals surface area contributed by atoms with E-state index in [1.54, 1.807) is 17.8 Å². The summed E-state index contributed by atoms with van der Waals surface area (Å²) in [6.07, 6.45) is 0. The van der Waals surface area contributed by atoms with Gasteiger partial charge in [0, 0.05) is 27.1 Å². The van der Waals surface area contributed by atoms with Crippen LogP contribution in [-0.2, 0) is 5.75 Å². The Morgan fingerprint density at radius 2 is 1.83 bits per heavy atom. The van der Waals surface area contributed by atoms with Gasteiger partial charge in [-0.25, -0.2) is 4.79 Å². The zero-order chi connectivity index (χ0) is 17.3. The summed E-state index contributed by atoms with van der Waals surface area (Å²) in [5.74, 6) is 1.14. The number of thioether (sulfide) groups is 1. The lowest BCUT2D eigenvalue weighted by Crippen LogP contribution is -2.02. The van der Waals surface area contributed by atoms with Gasteiger partial charge in [-0.15, -0.1) is 11.8 Å². The summed E-state index contributed by atoms with van der Waals surface area (Å²) in [6.45, 7) is 6.41. The number of fused-ring (bicyclic) bond motifs is 1. The number of halogens is 1. The average Bonchev–Trinajstić information content (AvgIpc) is 2.53. The molecule has 2 aromatic carbocycles. The summed E-state index contributed by atoms with van der Waals surface area (Å²) in [5.41, 5.74) is 3.81. The Labute approximate surface area is 150 Å². The van der Waals surface area contributed by atoms with E-state index in [1.807, 2.05) is 30.3 Å². The van der Waals surface area contributed by atoms with Gasteiger partial charge in [-0.3, -0.25) is 0 Å². The zero-order valence-electron chi connectivity index (χ0n) is 13.9. The fourth-order valence-corrected chi connectivity index (χ4v) is 3.84. The fraction of sp³-hybridized carbons (Fsp3) is 0.250. The van der Waals surface area contributed by atoms with Crippen LogP contribution < -0.4 is 5.63 Å². The summed E-state index contributed by atoms with van der Waals surface area (Å²) in [7, 11) is 0. The number of rotatable bonds is 4. The van der Waals surface area contributed by atoms with Crippen molar-refractivity contribution in [3.8, 4) is 0 Å². The Balaban J connectivity index is 2.01. The van der Waals surface area contributed by atoms with Crippen molar-refractivity contribution in [1.29, 1.82) is 0 Å². The first-order valence-corrected chi connectivity index (χ1v) is 9.26. The predicted octanol–water partition coefficient (Wildman–Crippen LogP) is 6.17. The van der Waals surface area contributed by atoms with Gasteiger partial charge < -0.3 is 4.42 Å². The van der Waals surface area contributed by atoms with Crippen LogP contribution in [0.1, 0.15) is 36.5 Å². The molecule has 3 rings (SSSR count). The van der Waals surface area contributed by atoms with Crippen molar-refractivity contribution in [2.75, 3.05) is 0 Å². The minimum Gasteiger partial charge on any atom is -0.423 e. The molecule has 0 aliphatic rings. The number of hydrogen-bond acceptors (Lipinski definition) is 3. The van der Waals surface area contributed by atoms with Gasteiger partial charge in [-0.05, 0) is 65.9 Å². The molecular formula is C20H19ClO2S. The lowest BCUT2D eigenvalue weighted by atomic mass is 9.95. The molecular weight excluding hydrogens is 340 g/mol. The predicted molar refractivity (Wildman–Crippen MR) is 102 cm³/mol. The molecule has 0 unspecified atom stereocenters. The Morgan fingerprint density at radius 3 is 2.50 bits per heavy atom. The molecule has 124 valence electrons. The molecule has 0 atom stereocenters. The Morgan fingerprint density at radius 1 is 1.12 bits per heavy atom. The van der Waals surface area contributed by atoms with Crippen molar-refractivity contribution in [1.82, 2.24) is 0 Å². The number of aryl methyl sites for hydroxylation is 1. The quantitative estimate of drug-likeness (QED) is 0.412. The summed E-state index contributed by atoms with van der Waals surface area (Å²) in [6, 6.07) is 13.5. The maximum atomic E-state index is 11.9. The van der Waals surface area contributed by atoms with Crippen LogP contribution in [0.3, 0.4) is 0 Å². The van der Waals surface area contributed by atoms with Gasteiger partial charge in [0.15, 0.2) is 0 Å². The molecule has 0 aliphatic heterocycles. The van der Waals surface area contributed by atoms with Crippen molar-refractivity contribution in [2.45, 2.75) is 37.3 Å². The van der Waals surface area contributed by atoms with E-state index in [0.29, 0.717) is 17.3 Å². The van der Waals surface area contributed by atoms with Crippen LogP contribution in [0.2, 0.25) is 5.02 Å². The summed E-state index contributed by atoms with van der Waals surface area (Å²) in [5, 5.41) is 1.74. The molecule has 0 fully saturated rings. The zero-order valence-corrected chi connectivity index (χ0v) is 15.5. The third kappa shape index (κ3) is 3.68. The lowest BCUT2D eigenvalue weighted by Gasteiger charge is -2.13. The van der Waals surface area contributed by atoms with E-state index in [-0.39, 0.29) is 5.63 Å². The monoisotopic (exact) mass is 358 g/mol. The highest BCUT2D eigenvalue weighted by Gasteiger charge is 2.11. The topological polar surface area (TPSA) is 30.2 Å². The van der Waals surface area contributed by atoms with E-state index >= 15 is 0 Å². The number of benzene rings is 2. The summed E-state index contributed by atoms with van der Waals surface area (Å²) in [4.78, 5) is 13.0. The van der Waals surface area contributed by atoms with Gasteiger partial charge in [0.25, 0.3) is 0 Å². The second kappa shape index (κ2) is 7.04. The van der Waals surface area contributed by atoms with E-state index in [0.717, 1.165) is 26.4 Å². The smallest absolute Gasteiger partial charge is 0.336 e. The molecule has 3 aromatic rings. The second-order valence-electron chi connectivity index (χ2n) is 6.19. The Kier molecular flexibility index (Phi) is 5.02. The molecule has 24 heavy (non-hydrogen) atoms. The molecule has 4 heteroatoms. The van der Waals surface area contributed by atoms with Gasteiger partial charge in [0.05, 0.1) is 0 Å². The van der Waals surface area contributed by atoms with Crippen molar-refractivity contribution >= 4 is 34.3 Å². The molecule has 0 aliphatic carbocycles. The molecule has 2 nitrogen and oxygen atoms in total. The van der Waals surface area contributed by atoms with Crippen LogP contribution in [0.5, 0.6) is 0 Å². The normalized spacial score (nSPS) is 11.4. The van der Waals surface area contributed by atoms with Crippen molar-refractivity contribution in [2.24, 2.45) is 0 Å². The van der Waals surface area contributed by atoms with Crippen LogP contribution in [0.25, 0.3) is 11.0 Å². The van der Waals surface area contributed by atoms with Crippen molar-refractivity contribution in [3.63, 3.8) is 0 Å². The van der Waals surface area contributed by atoms with Crippen molar-refractivity contribution in [3.05, 3.63) is 74.6 Å². The van der Waals surface area contributed by atoms with Crippen LogP contribution in [-0.4, -0.2) is 0 Å². The third-order valence-corrected chi connectivity index (χ3v) is 5.36. The van der Waals surface area contributed by atoms with E-state index in [1.165, 1.54) is 5.56 Å². The van der Waals surface area contributed by atoms with E-state index in [2.05, 4.69) is 26.8 Å². The van der Waals surface area contributed by atoms with E-state index in [9.17, 15) is 4.79 Å². The standard InChI is InChI=1S/C20H19ClO2S/c1-12(2)17-10-18-14(9-20(22)23-19(18)8-13(17)3)11-24-16-6-4-15(21)5-7-16/h4-10,12H,11H2,1-3H3. The molecule has 0 saturated heterocycles. The molecule has 0 amide bonds.